The number of esters is 1. The van der Waals surface area contributed by atoms with E-state index in [4.69, 9.17) is 29.1 Å². The van der Waals surface area contributed by atoms with Crippen molar-refractivity contribution < 1.29 is 18.7 Å². The highest BCUT2D eigenvalue weighted by Crippen LogP contribution is 2.43. The van der Waals surface area contributed by atoms with Crippen molar-refractivity contribution in [3.8, 4) is 28.6 Å². The van der Waals surface area contributed by atoms with Crippen molar-refractivity contribution in [3.63, 3.8) is 0 Å². The van der Waals surface area contributed by atoms with E-state index >= 15 is 0 Å². The van der Waals surface area contributed by atoms with E-state index in [2.05, 4.69) is 75.6 Å². The van der Waals surface area contributed by atoms with Gasteiger partial charge in [-0.15, -0.1) is 5.10 Å². The number of carbonyl (C=O) groups is 1. The second-order valence-electron chi connectivity index (χ2n) is 15.1. The summed E-state index contributed by atoms with van der Waals surface area (Å²) in [5.41, 5.74) is 8.88. The van der Waals surface area contributed by atoms with Gasteiger partial charge in [0.1, 0.15) is 29.3 Å². The van der Waals surface area contributed by atoms with Crippen LogP contribution in [0.2, 0.25) is 0 Å². The predicted octanol–water partition coefficient (Wildman–Crippen LogP) is 11.2. The van der Waals surface area contributed by atoms with Crippen LogP contribution < -0.4 is 4.74 Å². The highest BCUT2D eigenvalue weighted by atomic mass is 79.9. The number of rotatable bonds is 14. The second-order valence-corrected chi connectivity index (χ2v) is 15.9. The van der Waals surface area contributed by atoms with Gasteiger partial charge < -0.3 is 13.9 Å². The predicted molar refractivity (Wildman–Crippen MR) is 246 cm³/mol. The van der Waals surface area contributed by atoms with Gasteiger partial charge in [0.05, 0.1) is 22.8 Å². The smallest absolute Gasteiger partial charge is 0.337 e. The molecule has 0 amide bonds. The standard InChI is InChI=1S/C52H43BrN6O4/c1-4-44-42(31-34-16-15-17-38(30-34)51(60)61-3)50(55-46(5-2)54-44)62-33-35-24-29-45-43(32-35)47(53)48(63-45)36-25-27-37(28-26-36)49-56-57-58-59(49)52(39-18-9-6-10-19-39,40-20-11-7-12-21-40)41-22-13-8-14-23-41/h6-30,32H,4-5,31,33H2,1-3H3. The first-order valence-corrected chi connectivity index (χ1v) is 21.7. The molecule has 0 aliphatic carbocycles. The van der Waals surface area contributed by atoms with Gasteiger partial charge in [-0.3, -0.25) is 0 Å². The number of fused-ring (bicyclic) bond motifs is 1. The number of furan rings is 1. The normalized spacial score (nSPS) is 11.5. The molecule has 312 valence electrons. The molecule has 0 radical (unpaired) electrons. The molecule has 3 aromatic heterocycles. The first kappa shape index (κ1) is 41.1. The fraction of sp³-hybridized carbons (Fsp3) is 0.154. The van der Waals surface area contributed by atoms with Crippen LogP contribution in [0.15, 0.2) is 167 Å². The zero-order valence-electron chi connectivity index (χ0n) is 35.0. The average molecular weight is 896 g/mol. The monoisotopic (exact) mass is 894 g/mol. The van der Waals surface area contributed by atoms with Crippen LogP contribution >= 0.6 is 15.9 Å². The molecule has 0 bridgehead atoms. The average Bonchev–Trinajstić information content (AvgIpc) is 3.97. The Morgan fingerprint density at radius 1 is 0.714 bits per heavy atom. The van der Waals surface area contributed by atoms with Crippen LogP contribution in [0.5, 0.6) is 5.88 Å². The van der Waals surface area contributed by atoms with Gasteiger partial charge in [-0.05, 0) is 84.9 Å². The van der Waals surface area contributed by atoms with E-state index in [-0.39, 0.29) is 12.6 Å². The fourth-order valence-corrected chi connectivity index (χ4v) is 8.86. The van der Waals surface area contributed by atoms with Gasteiger partial charge in [0, 0.05) is 34.9 Å². The van der Waals surface area contributed by atoms with Crippen LogP contribution in [-0.4, -0.2) is 43.3 Å². The Morgan fingerprint density at radius 3 is 1.98 bits per heavy atom. The number of methoxy groups -OCH3 is 1. The van der Waals surface area contributed by atoms with Gasteiger partial charge >= 0.3 is 5.97 Å². The number of halogens is 1. The lowest BCUT2D eigenvalue weighted by atomic mass is 9.77. The van der Waals surface area contributed by atoms with E-state index in [1.54, 1.807) is 6.07 Å². The van der Waals surface area contributed by atoms with E-state index in [1.807, 2.05) is 121 Å². The molecule has 0 atom stereocenters. The molecule has 6 aromatic carbocycles. The Bertz CT molecular complexity index is 2930. The minimum absolute atomic E-state index is 0.279. The van der Waals surface area contributed by atoms with Gasteiger partial charge in [0.25, 0.3) is 0 Å². The van der Waals surface area contributed by atoms with E-state index in [0.717, 1.165) is 71.5 Å². The molecule has 9 rings (SSSR count). The van der Waals surface area contributed by atoms with Gasteiger partial charge in [-0.1, -0.05) is 147 Å². The van der Waals surface area contributed by atoms with Crippen LogP contribution in [-0.2, 0) is 36.1 Å². The van der Waals surface area contributed by atoms with Crippen molar-refractivity contribution in [3.05, 3.63) is 213 Å². The van der Waals surface area contributed by atoms with Crippen LogP contribution in [0.3, 0.4) is 0 Å². The number of benzene rings is 6. The van der Waals surface area contributed by atoms with Crippen LogP contribution in [0, 0.1) is 0 Å². The third kappa shape index (κ3) is 7.92. The minimum atomic E-state index is -0.867. The molecule has 0 N–H and O–H groups in total. The molecule has 0 fully saturated rings. The number of aryl methyl sites for hydroxylation is 2. The molecule has 9 aromatic rings. The second kappa shape index (κ2) is 18.0. The zero-order chi connectivity index (χ0) is 43.3. The minimum Gasteiger partial charge on any atom is -0.472 e. The third-order valence-electron chi connectivity index (χ3n) is 11.3. The van der Waals surface area contributed by atoms with Gasteiger partial charge in [-0.2, -0.15) is 4.98 Å². The molecule has 0 aliphatic heterocycles. The number of tetrazole rings is 1. The van der Waals surface area contributed by atoms with E-state index in [9.17, 15) is 4.79 Å². The summed E-state index contributed by atoms with van der Waals surface area (Å²) in [6, 6.07) is 52.7. The molecular weight excluding hydrogens is 853 g/mol. The molecule has 11 heteroatoms. The maximum absolute atomic E-state index is 12.3. The highest BCUT2D eigenvalue weighted by molar-refractivity contribution is 9.10. The zero-order valence-corrected chi connectivity index (χ0v) is 36.6. The summed E-state index contributed by atoms with van der Waals surface area (Å²) < 4.78 is 20.7. The van der Waals surface area contributed by atoms with Gasteiger partial charge in [-0.25, -0.2) is 14.5 Å². The lowest BCUT2D eigenvalue weighted by Crippen LogP contribution is -2.39. The van der Waals surface area contributed by atoms with Crippen LogP contribution in [0.4, 0.5) is 0 Å². The SMILES string of the molecule is CCc1nc(CC)c(Cc2cccc(C(=O)OC)c2)c(OCc2ccc3oc(-c4ccc(-c5nnnn5C(c5ccccc5)(c5ccccc5)c5ccccc5)cc4)c(Br)c3c2)n1. The summed E-state index contributed by atoms with van der Waals surface area (Å²) in [6.07, 6.45) is 1.89. The van der Waals surface area contributed by atoms with Gasteiger partial charge in [0.15, 0.2) is 5.82 Å². The Morgan fingerprint density at radius 2 is 1.37 bits per heavy atom. The molecule has 3 heterocycles. The molecule has 0 saturated heterocycles. The van der Waals surface area contributed by atoms with Crippen molar-refractivity contribution in [1.82, 2.24) is 30.2 Å². The van der Waals surface area contributed by atoms with Crippen molar-refractivity contribution in [1.29, 1.82) is 0 Å². The quantitative estimate of drug-likeness (QED) is 0.0776. The number of ether oxygens (including phenoxy) is 2. The molecule has 10 nitrogen and oxygen atoms in total. The lowest BCUT2D eigenvalue weighted by Gasteiger charge is -2.36. The van der Waals surface area contributed by atoms with Crippen molar-refractivity contribution in [2.24, 2.45) is 0 Å². The Hall–Kier alpha value is -7.24. The maximum atomic E-state index is 12.3. The summed E-state index contributed by atoms with van der Waals surface area (Å²) in [4.78, 5) is 22.0. The van der Waals surface area contributed by atoms with E-state index in [0.29, 0.717) is 42.3 Å². The third-order valence-corrected chi connectivity index (χ3v) is 12.1. The van der Waals surface area contributed by atoms with E-state index < -0.39 is 5.54 Å². The highest BCUT2D eigenvalue weighted by Gasteiger charge is 2.41. The summed E-state index contributed by atoms with van der Waals surface area (Å²) in [5, 5.41) is 14.5. The summed E-state index contributed by atoms with van der Waals surface area (Å²) in [7, 11) is 1.38. The molecule has 0 saturated carbocycles. The maximum Gasteiger partial charge on any atom is 0.337 e. The fourth-order valence-electron chi connectivity index (χ4n) is 8.24. The van der Waals surface area contributed by atoms with Crippen LogP contribution in [0.25, 0.3) is 33.7 Å². The van der Waals surface area contributed by atoms with Crippen molar-refractivity contribution in [2.45, 2.75) is 45.3 Å². The Kier molecular flexibility index (Phi) is 11.8. The van der Waals surface area contributed by atoms with Crippen molar-refractivity contribution >= 4 is 32.9 Å². The first-order chi connectivity index (χ1) is 30.9. The topological polar surface area (TPSA) is 118 Å². The van der Waals surface area contributed by atoms with E-state index in [1.165, 1.54) is 7.11 Å². The number of hydrogen-bond donors (Lipinski definition) is 0. The molecule has 0 aliphatic rings. The number of hydrogen-bond acceptors (Lipinski definition) is 9. The molecular formula is C52H43BrN6O4. The number of aromatic nitrogens is 6. The Labute approximate surface area is 373 Å². The largest absolute Gasteiger partial charge is 0.472 e. The number of nitrogens with zero attached hydrogens (tertiary/aromatic N) is 6. The molecule has 63 heavy (non-hydrogen) atoms. The summed E-state index contributed by atoms with van der Waals surface area (Å²) in [6.45, 7) is 4.39. The number of carbonyl (C=O) groups excluding carboxylic acids is 1. The lowest BCUT2D eigenvalue weighted by molar-refractivity contribution is 0.0600. The first-order valence-electron chi connectivity index (χ1n) is 20.9. The molecule has 0 unspecified atom stereocenters. The Balaban J connectivity index is 1.02. The van der Waals surface area contributed by atoms with Crippen molar-refractivity contribution in [2.75, 3.05) is 7.11 Å². The molecule has 0 spiro atoms. The summed E-state index contributed by atoms with van der Waals surface area (Å²) in [5.74, 6) is 2.19. The van der Waals surface area contributed by atoms with Gasteiger partial charge in [0.2, 0.25) is 5.88 Å². The summed E-state index contributed by atoms with van der Waals surface area (Å²) >= 11 is 3.87. The van der Waals surface area contributed by atoms with Crippen LogP contribution in [0.1, 0.15) is 69.1 Å².